The third-order valence-electron chi connectivity index (χ3n) is 4.04. The highest BCUT2D eigenvalue weighted by Gasteiger charge is 2.12. The molecule has 3 aromatic carbocycles. The summed E-state index contributed by atoms with van der Waals surface area (Å²) in [4.78, 5) is 4.51. The van der Waals surface area contributed by atoms with Crippen LogP contribution in [0.4, 0.5) is 5.69 Å². The van der Waals surface area contributed by atoms with Gasteiger partial charge in [0.25, 0.3) is 0 Å². The van der Waals surface area contributed by atoms with E-state index >= 15 is 0 Å². The number of methoxy groups -OCH3 is 1. The minimum absolute atomic E-state index is 0.293. The molecule has 0 saturated heterocycles. The Bertz CT molecular complexity index is 1000. The second-order valence-corrected chi connectivity index (χ2v) is 7.85. The molecule has 0 N–H and O–H groups in total. The molecule has 0 saturated carbocycles. The molecule has 0 amide bonds. The molecule has 28 heavy (non-hydrogen) atoms. The van der Waals surface area contributed by atoms with Crippen LogP contribution in [0.5, 0.6) is 11.5 Å². The van der Waals surface area contributed by atoms with Gasteiger partial charge in [0, 0.05) is 21.8 Å². The predicted octanol–water partition coefficient (Wildman–Crippen LogP) is 7.40. The second kappa shape index (κ2) is 9.46. The molecule has 6 heteroatoms. The molecule has 0 spiro atoms. The minimum Gasteiger partial charge on any atom is -0.493 e. The Morgan fingerprint density at radius 2 is 1.79 bits per heavy atom. The number of halogens is 3. The fraction of sp³-hybridized carbons (Fsp3) is 0.136. The lowest BCUT2D eigenvalue weighted by atomic mass is 10.2. The Labute approximate surface area is 183 Å². The molecule has 144 valence electrons. The molecule has 3 aromatic rings. The molecule has 0 aliphatic rings. The van der Waals surface area contributed by atoms with Crippen LogP contribution in [0.2, 0.25) is 10.0 Å². The number of ether oxygens (including phenoxy) is 2. The van der Waals surface area contributed by atoms with Crippen molar-refractivity contribution < 1.29 is 9.47 Å². The summed E-state index contributed by atoms with van der Waals surface area (Å²) >= 11 is 15.7. The first-order valence-electron chi connectivity index (χ1n) is 8.51. The van der Waals surface area contributed by atoms with Crippen LogP contribution in [0.15, 0.2) is 64.1 Å². The van der Waals surface area contributed by atoms with Crippen LogP contribution in [0, 0.1) is 6.92 Å². The Morgan fingerprint density at radius 3 is 2.46 bits per heavy atom. The summed E-state index contributed by atoms with van der Waals surface area (Å²) in [5.74, 6) is 1.20. The van der Waals surface area contributed by atoms with Gasteiger partial charge in [-0.05, 0) is 64.8 Å². The number of aryl methyl sites for hydroxylation is 1. The molecule has 0 radical (unpaired) electrons. The number of nitrogens with zero attached hydrogens (tertiary/aromatic N) is 1. The molecule has 0 atom stereocenters. The van der Waals surface area contributed by atoms with Gasteiger partial charge in [-0.25, -0.2) is 0 Å². The average Bonchev–Trinajstić information content (AvgIpc) is 2.67. The van der Waals surface area contributed by atoms with Gasteiger partial charge < -0.3 is 9.47 Å². The zero-order valence-corrected chi connectivity index (χ0v) is 18.5. The van der Waals surface area contributed by atoms with Crippen LogP contribution in [0.25, 0.3) is 0 Å². The smallest absolute Gasteiger partial charge is 0.175 e. The third kappa shape index (κ3) is 5.28. The summed E-state index contributed by atoms with van der Waals surface area (Å²) in [7, 11) is 1.60. The van der Waals surface area contributed by atoms with E-state index in [4.69, 9.17) is 32.7 Å². The summed E-state index contributed by atoms with van der Waals surface area (Å²) in [5.41, 5.74) is 3.82. The zero-order chi connectivity index (χ0) is 20.1. The summed E-state index contributed by atoms with van der Waals surface area (Å²) in [6.45, 7) is 2.34. The number of benzene rings is 3. The normalized spacial score (nSPS) is 11.0. The first kappa shape index (κ1) is 20.7. The monoisotopic (exact) mass is 477 g/mol. The van der Waals surface area contributed by atoms with Crippen LogP contribution in [0.3, 0.4) is 0 Å². The maximum absolute atomic E-state index is 6.22. The molecule has 0 bridgehead atoms. The lowest BCUT2D eigenvalue weighted by molar-refractivity contribution is 0.282. The van der Waals surface area contributed by atoms with Crippen molar-refractivity contribution in [2.45, 2.75) is 13.5 Å². The Kier molecular flexibility index (Phi) is 7.00. The largest absolute Gasteiger partial charge is 0.493 e. The van der Waals surface area contributed by atoms with Crippen molar-refractivity contribution in [2.75, 3.05) is 7.11 Å². The number of rotatable bonds is 6. The van der Waals surface area contributed by atoms with Gasteiger partial charge in [-0.3, -0.25) is 4.99 Å². The van der Waals surface area contributed by atoms with Gasteiger partial charge in [-0.15, -0.1) is 0 Å². The summed E-state index contributed by atoms with van der Waals surface area (Å²) < 4.78 is 12.2. The van der Waals surface area contributed by atoms with Crippen molar-refractivity contribution in [3.8, 4) is 11.5 Å². The van der Waals surface area contributed by atoms with Gasteiger partial charge in [0.05, 0.1) is 17.3 Å². The van der Waals surface area contributed by atoms with Gasteiger partial charge in [0.15, 0.2) is 11.5 Å². The van der Waals surface area contributed by atoms with E-state index in [1.165, 1.54) is 5.56 Å². The van der Waals surface area contributed by atoms with E-state index in [-0.39, 0.29) is 0 Å². The zero-order valence-electron chi connectivity index (χ0n) is 15.4. The first-order valence-corrected chi connectivity index (χ1v) is 10.1. The summed E-state index contributed by atoms with van der Waals surface area (Å²) in [6.07, 6.45) is 1.79. The Hall–Kier alpha value is -2.01. The SMILES string of the molecule is COc1cc(C=Nc2ccc(C)cc2)cc(Br)c1OCc1ccc(Cl)cc1Cl. The molecule has 3 nitrogen and oxygen atoms in total. The maximum atomic E-state index is 6.22. The van der Waals surface area contributed by atoms with Gasteiger partial charge in [0.2, 0.25) is 0 Å². The van der Waals surface area contributed by atoms with Crippen molar-refractivity contribution in [1.29, 1.82) is 0 Å². The van der Waals surface area contributed by atoms with Gasteiger partial charge in [-0.2, -0.15) is 0 Å². The van der Waals surface area contributed by atoms with Crippen LogP contribution in [0.1, 0.15) is 16.7 Å². The fourth-order valence-electron chi connectivity index (χ4n) is 2.52. The second-order valence-electron chi connectivity index (χ2n) is 6.15. The topological polar surface area (TPSA) is 30.8 Å². The maximum Gasteiger partial charge on any atom is 0.175 e. The van der Waals surface area contributed by atoms with Crippen LogP contribution in [-0.2, 0) is 6.61 Å². The molecule has 0 fully saturated rings. The van der Waals surface area contributed by atoms with Crippen molar-refractivity contribution in [3.05, 3.63) is 85.8 Å². The highest BCUT2D eigenvalue weighted by atomic mass is 79.9. The first-order chi connectivity index (χ1) is 13.5. The fourth-order valence-corrected chi connectivity index (χ4v) is 3.56. The number of aliphatic imine (C=N–C) groups is 1. The van der Waals surface area contributed by atoms with E-state index < -0.39 is 0 Å². The van der Waals surface area contributed by atoms with Crippen LogP contribution >= 0.6 is 39.1 Å². The van der Waals surface area contributed by atoms with Crippen molar-refractivity contribution >= 4 is 51.0 Å². The van der Waals surface area contributed by atoms with Crippen molar-refractivity contribution in [2.24, 2.45) is 4.99 Å². The van der Waals surface area contributed by atoms with Gasteiger partial charge in [-0.1, -0.05) is 47.0 Å². The molecule has 0 unspecified atom stereocenters. The van der Waals surface area contributed by atoms with Crippen molar-refractivity contribution in [3.63, 3.8) is 0 Å². The van der Waals surface area contributed by atoms with E-state index in [1.54, 1.807) is 25.5 Å². The predicted molar refractivity (Wildman–Crippen MR) is 120 cm³/mol. The third-order valence-corrected chi connectivity index (χ3v) is 5.21. The average molecular weight is 479 g/mol. The van der Waals surface area contributed by atoms with Crippen LogP contribution < -0.4 is 9.47 Å². The number of hydrogen-bond donors (Lipinski definition) is 0. The Morgan fingerprint density at radius 1 is 1.04 bits per heavy atom. The minimum atomic E-state index is 0.293. The Balaban J connectivity index is 1.80. The molecule has 0 aliphatic heterocycles. The van der Waals surface area contributed by atoms with Gasteiger partial charge >= 0.3 is 0 Å². The summed E-state index contributed by atoms with van der Waals surface area (Å²) in [5, 5.41) is 1.15. The number of hydrogen-bond acceptors (Lipinski definition) is 3. The molecular formula is C22H18BrCl2NO2. The van der Waals surface area contributed by atoms with Gasteiger partial charge in [0.1, 0.15) is 6.61 Å². The molecule has 0 aliphatic carbocycles. The highest BCUT2D eigenvalue weighted by Crippen LogP contribution is 2.37. The molecular weight excluding hydrogens is 461 g/mol. The van der Waals surface area contributed by atoms with E-state index in [1.807, 2.05) is 49.4 Å². The van der Waals surface area contributed by atoms with E-state index in [9.17, 15) is 0 Å². The van der Waals surface area contributed by atoms with Crippen LogP contribution in [-0.4, -0.2) is 13.3 Å². The summed E-state index contributed by atoms with van der Waals surface area (Å²) in [6, 6.07) is 17.1. The highest BCUT2D eigenvalue weighted by molar-refractivity contribution is 9.10. The van der Waals surface area contributed by atoms with E-state index in [0.29, 0.717) is 28.2 Å². The van der Waals surface area contributed by atoms with E-state index in [0.717, 1.165) is 21.3 Å². The lowest BCUT2D eigenvalue weighted by Crippen LogP contribution is -2.00. The standard InChI is InChI=1S/C22H18BrCl2NO2/c1-14-3-7-18(8-4-14)26-12-15-9-19(23)22(21(10-15)27-2)28-13-16-5-6-17(24)11-20(16)25/h3-12H,13H2,1-2H3. The quantitative estimate of drug-likeness (QED) is 0.345. The molecule has 3 rings (SSSR count). The van der Waals surface area contributed by atoms with Crippen molar-refractivity contribution in [1.82, 2.24) is 0 Å². The molecule has 0 heterocycles. The van der Waals surface area contributed by atoms with E-state index in [2.05, 4.69) is 20.9 Å². The molecule has 0 aromatic heterocycles. The lowest BCUT2D eigenvalue weighted by Gasteiger charge is -2.14.